The van der Waals surface area contributed by atoms with Crippen molar-refractivity contribution >= 4 is 17.5 Å². The smallest absolute Gasteiger partial charge is 0.240 e. The second-order valence-electron chi connectivity index (χ2n) is 7.17. The largest absolute Gasteiger partial charge is 0.496 e. The Balaban J connectivity index is 1.58. The fourth-order valence-corrected chi connectivity index (χ4v) is 3.27. The van der Waals surface area contributed by atoms with Crippen LogP contribution >= 0.6 is 0 Å². The summed E-state index contributed by atoms with van der Waals surface area (Å²) in [6.45, 7) is 4.43. The summed E-state index contributed by atoms with van der Waals surface area (Å²) in [5.74, 6) is 0.393. The van der Waals surface area contributed by atoms with Crippen molar-refractivity contribution in [1.82, 2.24) is 5.32 Å². The monoisotopic (exact) mass is 366 g/mol. The van der Waals surface area contributed by atoms with Crippen LogP contribution in [0.3, 0.4) is 0 Å². The highest BCUT2D eigenvalue weighted by atomic mass is 16.5. The summed E-state index contributed by atoms with van der Waals surface area (Å²) >= 11 is 0. The minimum Gasteiger partial charge on any atom is -0.496 e. The number of hydrogen-bond donors (Lipinski definition) is 2. The van der Waals surface area contributed by atoms with Crippen LogP contribution < -0.4 is 15.4 Å². The topological polar surface area (TPSA) is 67.4 Å². The third kappa shape index (κ3) is 4.13. The van der Waals surface area contributed by atoms with Crippen molar-refractivity contribution in [3.8, 4) is 5.75 Å². The van der Waals surface area contributed by atoms with Crippen molar-refractivity contribution in [3.05, 3.63) is 59.2 Å². The molecule has 5 heteroatoms. The lowest BCUT2D eigenvalue weighted by Gasteiger charge is -2.17. The number of nitrogens with one attached hydrogen (secondary N) is 2. The molecule has 1 fully saturated rings. The predicted molar refractivity (Wildman–Crippen MR) is 106 cm³/mol. The summed E-state index contributed by atoms with van der Waals surface area (Å²) in [6.07, 6.45) is 1.83. The maximum absolute atomic E-state index is 12.7. The van der Waals surface area contributed by atoms with E-state index in [1.54, 1.807) is 7.11 Å². The van der Waals surface area contributed by atoms with Gasteiger partial charge in [-0.25, -0.2) is 0 Å². The van der Waals surface area contributed by atoms with Gasteiger partial charge in [0.15, 0.2) is 0 Å². The minimum absolute atomic E-state index is 0.195. The molecule has 2 amide bonds. The average Bonchev–Trinajstić information content (AvgIpc) is 3.46. The molecule has 0 aromatic heterocycles. The molecule has 0 aliphatic heterocycles. The first-order chi connectivity index (χ1) is 13.0. The van der Waals surface area contributed by atoms with Gasteiger partial charge in [-0.05, 0) is 56.4 Å². The number of rotatable bonds is 7. The van der Waals surface area contributed by atoms with Crippen molar-refractivity contribution < 1.29 is 14.3 Å². The van der Waals surface area contributed by atoms with E-state index in [1.807, 2.05) is 56.3 Å². The Morgan fingerprint density at radius 3 is 2.48 bits per heavy atom. The number of anilines is 1. The number of carbonyl (C=O) groups excluding carboxylic acids is 2. The molecule has 2 N–H and O–H groups in total. The van der Waals surface area contributed by atoms with Gasteiger partial charge in [0.1, 0.15) is 11.2 Å². The van der Waals surface area contributed by atoms with Gasteiger partial charge in [-0.15, -0.1) is 0 Å². The van der Waals surface area contributed by atoms with E-state index in [2.05, 4.69) is 10.6 Å². The van der Waals surface area contributed by atoms with E-state index in [0.717, 1.165) is 28.1 Å². The molecule has 2 aromatic rings. The molecule has 1 saturated carbocycles. The molecular formula is C22H26N2O3. The predicted octanol–water partition coefficient (Wildman–Crippen LogP) is 3.39. The van der Waals surface area contributed by atoms with Crippen LogP contribution in [0.2, 0.25) is 0 Å². The van der Waals surface area contributed by atoms with Gasteiger partial charge in [0.2, 0.25) is 11.8 Å². The molecule has 0 atom stereocenters. The summed E-state index contributed by atoms with van der Waals surface area (Å²) in [5, 5.41) is 5.85. The standard InChI is InChI=1S/C22H26N2O3/c1-15-8-9-18(16(2)14-15)24-21(26)22(11-12-22)20(25)23-13-10-17-6-4-5-7-19(17)27-3/h4-9,14H,10-13H2,1-3H3,(H,23,25)(H,24,26). The molecule has 1 aliphatic carbocycles. The van der Waals surface area contributed by atoms with Crippen molar-refractivity contribution in [3.63, 3.8) is 0 Å². The number of benzene rings is 2. The SMILES string of the molecule is COc1ccccc1CCNC(=O)C1(C(=O)Nc2ccc(C)cc2C)CC1. The lowest BCUT2D eigenvalue weighted by atomic mass is 10.0. The third-order valence-electron chi connectivity index (χ3n) is 5.12. The van der Waals surface area contributed by atoms with Gasteiger partial charge in [-0.1, -0.05) is 35.9 Å². The number of methoxy groups -OCH3 is 1. The maximum atomic E-state index is 12.7. The number of carbonyl (C=O) groups is 2. The normalized spacial score (nSPS) is 14.3. The van der Waals surface area contributed by atoms with E-state index < -0.39 is 5.41 Å². The van der Waals surface area contributed by atoms with E-state index in [0.29, 0.717) is 25.8 Å². The van der Waals surface area contributed by atoms with Gasteiger partial charge in [0, 0.05) is 12.2 Å². The highest BCUT2D eigenvalue weighted by Gasteiger charge is 2.56. The number of amides is 2. The minimum atomic E-state index is -0.932. The van der Waals surface area contributed by atoms with Crippen molar-refractivity contribution in [2.75, 3.05) is 19.0 Å². The Hall–Kier alpha value is -2.82. The summed E-state index contributed by atoms with van der Waals surface area (Å²) < 4.78 is 5.33. The Labute approximate surface area is 160 Å². The number of ether oxygens (including phenoxy) is 1. The molecule has 3 rings (SSSR count). The molecule has 0 bridgehead atoms. The first-order valence-corrected chi connectivity index (χ1v) is 9.25. The van der Waals surface area contributed by atoms with Gasteiger partial charge in [0.25, 0.3) is 0 Å². The van der Waals surface area contributed by atoms with Crippen LogP contribution in [0.4, 0.5) is 5.69 Å². The number of hydrogen-bond acceptors (Lipinski definition) is 3. The van der Waals surface area contributed by atoms with E-state index in [4.69, 9.17) is 4.74 Å². The first-order valence-electron chi connectivity index (χ1n) is 9.25. The number of aryl methyl sites for hydroxylation is 2. The van der Waals surface area contributed by atoms with Crippen LogP contribution in [-0.2, 0) is 16.0 Å². The van der Waals surface area contributed by atoms with Crippen LogP contribution in [0.5, 0.6) is 5.75 Å². The van der Waals surface area contributed by atoms with E-state index in [1.165, 1.54) is 0 Å². The van der Waals surface area contributed by atoms with E-state index >= 15 is 0 Å². The molecule has 0 radical (unpaired) electrons. The molecule has 27 heavy (non-hydrogen) atoms. The fourth-order valence-electron chi connectivity index (χ4n) is 3.27. The molecule has 0 spiro atoms. The van der Waals surface area contributed by atoms with Gasteiger partial charge in [-0.2, -0.15) is 0 Å². The molecule has 5 nitrogen and oxygen atoms in total. The molecule has 1 aliphatic rings. The van der Waals surface area contributed by atoms with E-state index in [-0.39, 0.29) is 11.8 Å². The van der Waals surface area contributed by atoms with Gasteiger partial charge < -0.3 is 15.4 Å². The Bertz CT molecular complexity index is 856. The van der Waals surface area contributed by atoms with Crippen molar-refractivity contribution in [2.45, 2.75) is 33.1 Å². The molecule has 0 heterocycles. The van der Waals surface area contributed by atoms with Crippen LogP contribution in [0, 0.1) is 19.3 Å². The number of para-hydroxylation sites is 1. The molecule has 2 aromatic carbocycles. The highest BCUT2D eigenvalue weighted by molar-refractivity contribution is 6.13. The molecule has 0 unspecified atom stereocenters. The summed E-state index contributed by atoms with van der Waals surface area (Å²) in [6, 6.07) is 13.6. The summed E-state index contributed by atoms with van der Waals surface area (Å²) in [5.41, 5.74) is 3.00. The zero-order valence-corrected chi connectivity index (χ0v) is 16.1. The average molecular weight is 366 g/mol. The summed E-state index contributed by atoms with van der Waals surface area (Å²) in [7, 11) is 1.63. The zero-order valence-electron chi connectivity index (χ0n) is 16.1. The fraction of sp³-hybridized carbons (Fsp3) is 0.364. The van der Waals surface area contributed by atoms with Crippen LogP contribution in [0.1, 0.15) is 29.5 Å². The van der Waals surface area contributed by atoms with Crippen molar-refractivity contribution in [2.24, 2.45) is 5.41 Å². The van der Waals surface area contributed by atoms with Gasteiger partial charge >= 0.3 is 0 Å². The molecule has 142 valence electrons. The van der Waals surface area contributed by atoms with Gasteiger partial charge in [-0.3, -0.25) is 9.59 Å². The van der Waals surface area contributed by atoms with Crippen LogP contribution in [0.15, 0.2) is 42.5 Å². The van der Waals surface area contributed by atoms with E-state index in [9.17, 15) is 9.59 Å². The summed E-state index contributed by atoms with van der Waals surface area (Å²) in [4.78, 5) is 25.4. The molecule has 0 saturated heterocycles. The molecular weight excluding hydrogens is 340 g/mol. The lowest BCUT2D eigenvalue weighted by molar-refractivity contribution is -0.134. The zero-order chi connectivity index (χ0) is 19.4. The quantitative estimate of drug-likeness (QED) is 0.738. The Morgan fingerprint density at radius 2 is 1.81 bits per heavy atom. The second-order valence-corrected chi connectivity index (χ2v) is 7.17. The van der Waals surface area contributed by atoms with Gasteiger partial charge in [0.05, 0.1) is 7.11 Å². The third-order valence-corrected chi connectivity index (χ3v) is 5.12. The van der Waals surface area contributed by atoms with Crippen LogP contribution in [-0.4, -0.2) is 25.5 Å². The first kappa shape index (κ1) is 19.0. The maximum Gasteiger partial charge on any atom is 0.240 e. The Kier molecular flexibility index (Phi) is 5.49. The van der Waals surface area contributed by atoms with Crippen molar-refractivity contribution in [1.29, 1.82) is 0 Å². The highest BCUT2D eigenvalue weighted by Crippen LogP contribution is 2.47. The Morgan fingerprint density at radius 1 is 1.07 bits per heavy atom. The lowest BCUT2D eigenvalue weighted by Crippen LogP contribution is -2.40. The van der Waals surface area contributed by atoms with Crippen LogP contribution in [0.25, 0.3) is 0 Å². The second kappa shape index (κ2) is 7.82.